The van der Waals surface area contributed by atoms with Crippen molar-refractivity contribution < 1.29 is 19.5 Å². The summed E-state index contributed by atoms with van der Waals surface area (Å²) in [5, 5.41) is 18.8. The van der Waals surface area contributed by atoms with Gasteiger partial charge >= 0.3 is 0 Å². The highest BCUT2D eigenvalue weighted by molar-refractivity contribution is 6.43. The number of carbonyl (C=O) groups is 3. The van der Waals surface area contributed by atoms with Crippen LogP contribution in [0, 0.1) is 0 Å². The second kappa shape index (κ2) is 10.4. The van der Waals surface area contributed by atoms with Gasteiger partial charge in [0.1, 0.15) is 10.8 Å². The molecule has 1 aromatic heterocycles. The zero-order chi connectivity index (χ0) is 24.8. The minimum absolute atomic E-state index is 0.0300. The number of halogens is 1. The lowest BCUT2D eigenvalue weighted by Gasteiger charge is -2.15. The summed E-state index contributed by atoms with van der Waals surface area (Å²) < 4.78 is 0. The Morgan fingerprint density at radius 2 is 1.85 bits per heavy atom. The van der Waals surface area contributed by atoms with Crippen molar-refractivity contribution in [1.29, 1.82) is 0 Å². The van der Waals surface area contributed by atoms with Crippen LogP contribution in [-0.4, -0.2) is 32.7 Å². The van der Waals surface area contributed by atoms with Gasteiger partial charge in [0.05, 0.1) is 23.1 Å². The van der Waals surface area contributed by atoms with Crippen LogP contribution in [0.2, 0.25) is 5.02 Å². The van der Waals surface area contributed by atoms with Crippen molar-refractivity contribution in [2.24, 2.45) is 11.5 Å². The number of benzene rings is 2. The highest BCUT2D eigenvalue weighted by Gasteiger charge is 2.18. The van der Waals surface area contributed by atoms with E-state index < -0.39 is 17.6 Å². The molecule has 3 rings (SSSR count). The summed E-state index contributed by atoms with van der Waals surface area (Å²) in [4.78, 5) is 43.5. The molecule has 0 bridgehead atoms. The maximum absolute atomic E-state index is 12.1. The predicted octanol–water partition coefficient (Wildman–Crippen LogP) is 2.57. The summed E-state index contributed by atoms with van der Waals surface area (Å²) in [5.74, 6) is -2.47. The Balaban J connectivity index is 1.93. The molecule has 0 aliphatic heterocycles. The first-order valence-corrected chi connectivity index (χ1v) is 10.1. The van der Waals surface area contributed by atoms with Gasteiger partial charge in [-0.15, -0.1) is 0 Å². The Morgan fingerprint density at radius 3 is 2.53 bits per heavy atom. The van der Waals surface area contributed by atoms with E-state index in [4.69, 9.17) is 23.1 Å². The Hall–Kier alpha value is -4.48. The number of rotatable bonds is 9. The number of aromatic hydroxyl groups is 1. The predicted molar refractivity (Wildman–Crippen MR) is 128 cm³/mol. The standard InChI is InChI=1S/C22H20ClN7O4/c1-2-18(32)27-15-8-16(17(31)7-11(15)9-24)29-22-26-10-13(23)21(30-22)28-14-6-4-3-5-12(14)19(33)20(25)34/h2-8,10,31H,1,9,24H2,(H2,25,34)(H,27,32)(H2,26,28,29,30). The van der Waals surface area contributed by atoms with Crippen LogP contribution in [-0.2, 0) is 16.1 Å². The number of carbonyl (C=O) groups excluding carboxylic acids is 3. The van der Waals surface area contributed by atoms with Crippen molar-refractivity contribution in [2.75, 3.05) is 16.0 Å². The van der Waals surface area contributed by atoms with Gasteiger partial charge in [0, 0.05) is 12.2 Å². The van der Waals surface area contributed by atoms with Crippen LogP contribution in [0.1, 0.15) is 15.9 Å². The van der Waals surface area contributed by atoms with E-state index in [1.54, 1.807) is 18.2 Å². The molecule has 11 nitrogen and oxygen atoms in total. The Bertz CT molecular complexity index is 1300. The maximum atomic E-state index is 12.1. The van der Waals surface area contributed by atoms with Gasteiger partial charge < -0.3 is 32.5 Å². The van der Waals surface area contributed by atoms with Gasteiger partial charge in [0.2, 0.25) is 11.9 Å². The van der Waals surface area contributed by atoms with Crippen LogP contribution in [0.3, 0.4) is 0 Å². The number of hydrogen-bond acceptors (Lipinski definition) is 9. The van der Waals surface area contributed by atoms with Gasteiger partial charge in [-0.1, -0.05) is 30.3 Å². The number of ketones is 1. The number of primary amides is 1. The third-order valence-corrected chi connectivity index (χ3v) is 4.80. The summed E-state index contributed by atoms with van der Waals surface area (Å²) in [7, 11) is 0. The number of nitrogens with zero attached hydrogens (tertiary/aromatic N) is 2. The van der Waals surface area contributed by atoms with Crippen molar-refractivity contribution in [3.05, 3.63) is 71.4 Å². The molecule has 2 aromatic carbocycles. The number of hydrogen-bond donors (Lipinski definition) is 6. The fourth-order valence-electron chi connectivity index (χ4n) is 2.89. The van der Waals surface area contributed by atoms with Crippen molar-refractivity contribution in [2.45, 2.75) is 6.54 Å². The Labute approximate surface area is 198 Å². The molecular weight excluding hydrogens is 462 g/mol. The van der Waals surface area contributed by atoms with Gasteiger partial charge in [-0.2, -0.15) is 4.98 Å². The number of aromatic nitrogens is 2. The smallest absolute Gasteiger partial charge is 0.289 e. The zero-order valence-electron chi connectivity index (χ0n) is 17.6. The minimum atomic E-state index is -1.11. The maximum Gasteiger partial charge on any atom is 0.289 e. The lowest BCUT2D eigenvalue weighted by molar-refractivity contribution is -0.114. The van der Waals surface area contributed by atoms with Crippen molar-refractivity contribution in [3.63, 3.8) is 0 Å². The number of Topliss-reactive ketones (excluding diaryl/α,β-unsaturated/α-hetero) is 1. The molecule has 12 heteroatoms. The number of para-hydroxylation sites is 1. The molecule has 0 spiro atoms. The molecular formula is C22H20ClN7O4. The summed E-state index contributed by atoms with van der Waals surface area (Å²) in [6.07, 6.45) is 2.39. The molecule has 0 aliphatic rings. The third-order valence-electron chi connectivity index (χ3n) is 4.52. The lowest BCUT2D eigenvalue weighted by Crippen LogP contribution is -2.23. The molecule has 0 aliphatic carbocycles. The van der Waals surface area contributed by atoms with Crippen LogP contribution in [0.25, 0.3) is 0 Å². The Kier molecular flexibility index (Phi) is 7.41. The van der Waals surface area contributed by atoms with Gasteiger partial charge in [-0.25, -0.2) is 4.98 Å². The number of nitrogens with one attached hydrogen (secondary N) is 3. The van der Waals surface area contributed by atoms with Crippen molar-refractivity contribution in [3.8, 4) is 5.75 Å². The van der Waals surface area contributed by atoms with E-state index in [9.17, 15) is 19.5 Å². The van der Waals surface area contributed by atoms with E-state index in [1.807, 2.05) is 0 Å². The lowest BCUT2D eigenvalue weighted by atomic mass is 10.1. The normalized spacial score (nSPS) is 10.3. The first-order valence-electron chi connectivity index (χ1n) is 9.72. The molecule has 0 saturated carbocycles. The van der Waals surface area contributed by atoms with E-state index in [0.29, 0.717) is 11.3 Å². The number of amides is 2. The summed E-state index contributed by atoms with van der Waals surface area (Å²) in [6.45, 7) is 3.47. The molecule has 8 N–H and O–H groups in total. The topological polar surface area (TPSA) is 185 Å². The summed E-state index contributed by atoms with van der Waals surface area (Å²) in [5.41, 5.74) is 12.1. The second-order valence-corrected chi connectivity index (χ2v) is 7.21. The average Bonchev–Trinajstić information content (AvgIpc) is 2.82. The van der Waals surface area contributed by atoms with Crippen molar-refractivity contribution >= 4 is 58.0 Å². The number of anilines is 5. The van der Waals surface area contributed by atoms with Crippen LogP contribution in [0.5, 0.6) is 5.75 Å². The van der Waals surface area contributed by atoms with E-state index in [-0.39, 0.29) is 46.0 Å². The number of nitrogens with two attached hydrogens (primary N) is 2. The van der Waals surface area contributed by atoms with Gasteiger partial charge in [0.25, 0.3) is 11.7 Å². The Morgan fingerprint density at radius 1 is 1.12 bits per heavy atom. The fraction of sp³-hybridized carbons (Fsp3) is 0.0455. The van der Waals surface area contributed by atoms with Crippen LogP contribution < -0.4 is 27.4 Å². The van der Waals surface area contributed by atoms with E-state index in [0.717, 1.165) is 6.08 Å². The minimum Gasteiger partial charge on any atom is -0.506 e. The van der Waals surface area contributed by atoms with Crippen LogP contribution in [0.4, 0.5) is 28.8 Å². The average molecular weight is 482 g/mol. The quantitative estimate of drug-likeness (QED) is 0.0877. The van der Waals surface area contributed by atoms with Crippen LogP contribution in [0.15, 0.2) is 55.3 Å². The van der Waals surface area contributed by atoms with E-state index in [2.05, 4.69) is 32.5 Å². The molecule has 3 aromatic rings. The van der Waals surface area contributed by atoms with Gasteiger partial charge in [-0.05, 0) is 35.9 Å². The monoisotopic (exact) mass is 481 g/mol. The highest BCUT2D eigenvalue weighted by atomic mass is 35.5. The molecule has 2 amide bonds. The largest absolute Gasteiger partial charge is 0.506 e. The van der Waals surface area contributed by atoms with Gasteiger partial charge in [-0.3, -0.25) is 14.4 Å². The molecule has 34 heavy (non-hydrogen) atoms. The molecule has 0 unspecified atom stereocenters. The molecule has 0 saturated heterocycles. The molecule has 0 atom stereocenters. The summed E-state index contributed by atoms with van der Waals surface area (Å²) >= 11 is 6.20. The molecule has 174 valence electrons. The van der Waals surface area contributed by atoms with Gasteiger partial charge in [0.15, 0.2) is 5.82 Å². The summed E-state index contributed by atoms with van der Waals surface area (Å²) in [6, 6.07) is 9.05. The first kappa shape index (κ1) is 24.2. The first-order chi connectivity index (χ1) is 16.2. The van der Waals surface area contributed by atoms with Crippen LogP contribution >= 0.6 is 11.6 Å². The molecule has 1 heterocycles. The van der Waals surface area contributed by atoms with Crippen molar-refractivity contribution in [1.82, 2.24) is 9.97 Å². The SMILES string of the molecule is C=CC(=O)Nc1cc(Nc2ncc(Cl)c(Nc3ccccc3C(=O)C(N)=O)n2)c(O)cc1CN. The fourth-order valence-corrected chi connectivity index (χ4v) is 3.02. The number of phenolic OH excluding ortho intramolecular Hbond substituents is 1. The van der Waals surface area contributed by atoms with E-state index in [1.165, 1.54) is 24.4 Å². The molecule has 0 radical (unpaired) electrons. The van der Waals surface area contributed by atoms with E-state index >= 15 is 0 Å². The zero-order valence-corrected chi connectivity index (χ0v) is 18.4. The number of phenols is 1. The second-order valence-electron chi connectivity index (χ2n) is 6.80. The highest BCUT2D eigenvalue weighted by Crippen LogP contribution is 2.33. The third kappa shape index (κ3) is 5.46. The molecule has 0 fully saturated rings.